The minimum Gasteiger partial charge on any atom is -0.450 e. The predicted octanol–water partition coefficient (Wildman–Crippen LogP) is 2.42. The normalized spacial score (nSPS) is 14.8. The Morgan fingerprint density at radius 3 is 2.33 bits per heavy atom. The van der Waals surface area contributed by atoms with Crippen molar-refractivity contribution >= 4 is 23.7 Å². The molecule has 1 aromatic rings. The van der Waals surface area contributed by atoms with Gasteiger partial charge in [-0.15, -0.1) is 0 Å². The number of rotatable bonds is 4. The molecule has 1 aromatic carbocycles. The zero-order valence-corrected chi connectivity index (χ0v) is 13.9. The fourth-order valence-electron chi connectivity index (χ4n) is 2.52. The largest absolute Gasteiger partial charge is 0.450 e. The van der Waals surface area contributed by atoms with Crippen LogP contribution in [-0.4, -0.2) is 42.6 Å². The van der Waals surface area contributed by atoms with Crippen LogP contribution in [0.5, 0.6) is 5.75 Å². The van der Waals surface area contributed by atoms with Gasteiger partial charge >= 0.3 is 12.1 Å². The van der Waals surface area contributed by atoms with Gasteiger partial charge in [0.15, 0.2) is 0 Å². The van der Waals surface area contributed by atoms with Crippen LogP contribution in [0.1, 0.15) is 26.7 Å². The lowest BCUT2D eigenvalue weighted by Crippen LogP contribution is -2.40. The van der Waals surface area contributed by atoms with Crippen molar-refractivity contribution in [3.63, 3.8) is 0 Å². The van der Waals surface area contributed by atoms with Gasteiger partial charge in [0.1, 0.15) is 5.75 Å². The standard InChI is InChI=1S/C17H22N2O5/c1-3-23-17(22)18-14-4-6-15(7-5-14)24-16(21)13-8-10-19(11-9-13)12(2)20/h4-7,13H,3,8-11H2,1-2H3,(H,18,22). The zero-order valence-electron chi connectivity index (χ0n) is 13.9. The summed E-state index contributed by atoms with van der Waals surface area (Å²) in [6.45, 7) is 4.71. The number of nitrogens with zero attached hydrogens (tertiary/aromatic N) is 1. The van der Waals surface area contributed by atoms with Crippen LogP contribution < -0.4 is 10.1 Å². The number of anilines is 1. The van der Waals surface area contributed by atoms with Gasteiger partial charge in [-0.1, -0.05) is 0 Å². The van der Waals surface area contributed by atoms with Crippen molar-refractivity contribution in [1.29, 1.82) is 0 Å². The molecule has 1 aliphatic heterocycles. The van der Waals surface area contributed by atoms with Crippen LogP contribution in [0.2, 0.25) is 0 Å². The van der Waals surface area contributed by atoms with Crippen molar-refractivity contribution in [2.75, 3.05) is 25.0 Å². The van der Waals surface area contributed by atoms with Crippen molar-refractivity contribution in [2.45, 2.75) is 26.7 Å². The van der Waals surface area contributed by atoms with Crippen LogP contribution in [-0.2, 0) is 14.3 Å². The molecule has 0 spiro atoms. The molecule has 2 rings (SSSR count). The number of hydrogen-bond acceptors (Lipinski definition) is 5. The Bertz CT molecular complexity index is 592. The summed E-state index contributed by atoms with van der Waals surface area (Å²) in [6, 6.07) is 6.50. The number of carbonyl (C=O) groups excluding carboxylic acids is 3. The molecule has 0 aliphatic carbocycles. The van der Waals surface area contributed by atoms with Crippen LogP contribution in [0.4, 0.5) is 10.5 Å². The second kappa shape index (κ2) is 8.33. The summed E-state index contributed by atoms with van der Waals surface area (Å²) in [6.07, 6.45) is 0.696. The number of piperidine rings is 1. The molecule has 2 amide bonds. The second-order valence-electron chi connectivity index (χ2n) is 5.57. The van der Waals surface area contributed by atoms with Gasteiger partial charge in [-0.25, -0.2) is 4.79 Å². The molecule has 1 saturated heterocycles. The Morgan fingerprint density at radius 2 is 1.79 bits per heavy atom. The monoisotopic (exact) mass is 334 g/mol. The highest BCUT2D eigenvalue weighted by Gasteiger charge is 2.27. The predicted molar refractivity (Wildman–Crippen MR) is 87.7 cm³/mol. The van der Waals surface area contributed by atoms with Gasteiger partial charge in [0.25, 0.3) is 0 Å². The van der Waals surface area contributed by atoms with E-state index in [1.54, 1.807) is 36.1 Å². The van der Waals surface area contributed by atoms with Crippen LogP contribution >= 0.6 is 0 Å². The first kappa shape index (κ1) is 17.8. The molecule has 0 atom stereocenters. The zero-order chi connectivity index (χ0) is 17.5. The number of likely N-dealkylation sites (tertiary alicyclic amines) is 1. The summed E-state index contributed by atoms with van der Waals surface area (Å²) in [5.41, 5.74) is 0.558. The maximum atomic E-state index is 12.2. The molecule has 7 heteroatoms. The average Bonchev–Trinajstić information content (AvgIpc) is 2.57. The van der Waals surface area contributed by atoms with Crippen molar-refractivity contribution in [2.24, 2.45) is 5.92 Å². The SMILES string of the molecule is CCOC(=O)Nc1ccc(OC(=O)C2CCN(C(C)=O)CC2)cc1. The molecule has 24 heavy (non-hydrogen) atoms. The van der Waals surface area contributed by atoms with Gasteiger partial charge in [-0.2, -0.15) is 0 Å². The fourth-order valence-corrected chi connectivity index (χ4v) is 2.52. The van der Waals surface area contributed by atoms with Gasteiger partial charge in [-0.05, 0) is 44.0 Å². The third-order valence-corrected chi connectivity index (χ3v) is 3.87. The van der Waals surface area contributed by atoms with Gasteiger partial charge < -0.3 is 14.4 Å². The molecule has 130 valence electrons. The maximum Gasteiger partial charge on any atom is 0.411 e. The van der Waals surface area contributed by atoms with E-state index in [0.29, 0.717) is 44.0 Å². The first-order chi connectivity index (χ1) is 11.5. The van der Waals surface area contributed by atoms with E-state index in [1.165, 1.54) is 6.92 Å². The molecular formula is C17H22N2O5. The van der Waals surface area contributed by atoms with E-state index in [0.717, 1.165) is 0 Å². The Balaban J connectivity index is 1.84. The molecule has 0 saturated carbocycles. The first-order valence-corrected chi connectivity index (χ1v) is 8.00. The van der Waals surface area contributed by atoms with Gasteiger partial charge in [0.2, 0.25) is 5.91 Å². The minimum absolute atomic E-state index is 0.0338. The number of amides is 2. The first-order valence-electron chi connectivity index (χ1n) is 8.00. The number of esters is 1. The molecule has 1 N–H and O–H groups in total. The molecule has 1 fully saturated rings. The molecular weight excluding hydrogens is 312 g/mol. The van der Waals surface area contributed by atoms with Crippen molar-refractivity contribution < 1.29 is 23.9 Å². The third kappa shape index (κ3) is 4.97. The van der Waals surface area contributed by atoms with Gasteiger partial charge in [-0.3, -0.25) is 14.9 Å². The van der Waals surface area contributed by atoms with Crippen molar-refractivity contribution in [3.05, 3.63) is 24.3 Å². The van der Waals surface area contributed by atoms with Crippen LogP contribution in [0, 0.1) is 5.92 Å². The lowest BCUT2D eigenvalue weighted by atomic mass is 9.97. The summed E-state index contributed by atoms with van der Waals surface area (Å²) in [5, 5.41) is 2.56. The van der Waals surface area contributed by atoms with Crippen LogP contribution in [0.15, 0.2) is 24.3 Å². The Hall–Kier alpha value is -2.57. The van der Waals surface area contributed by atoms with Gasteiger partial charge in [0, 0.05) is 25.7 Å². The quantitative estimate of drug-likeness (QED) is 0.675. The molecule has 7 nitrogen and oxygen atoms in total. The number of benzene rings is 1. The molecule has 1 aliphatic rings. The molecule has 0 radical (unpaired) electrons. The number of ether oxygens (including phenoxy) is 2. The second-order valence-corrected chi connectivity index (χ2v) is 5.57. The lowest BCUT2D eigenvalue weighted by molar-refractivity contribution is -0.142. The third-order valence-electron chi connectivity index (χ3n) is 3.87. The van der Waals surface area contributed by atoms with E-state index in [1.807, 2.05) is 0 Å². The highest BCUT2D eigenvalue weighted by Crippen LogP contribution is 2.22. The number of carbonyl (C=O) groups is 3. The lowest BCUT2D eigenvalue weighted by Gasteiger charge is -2.29. The number of nitrogens with one attached hydrogen (secondary N) is 1. The molecule has 0 unspecified atom stereocenters. The smallest absolute Gasteiger partial charge is 0.411 e. The van der Waals surface area contributed by atoms with Crippen molar-refractivity contribution in [3.8, 4) is 5.75 Å². The summed E-state index contributed by atoms with van der Waals surface area (Å²) >= 11 is 0. The maximum absolute atomic E-state index is 12.2. The highest BCUT2D eigenvalue weighted by molar-refractivity contribution is 5.84. The Morgan fingerprint density at radius 1 is 1.17 bits per heavy atom. The van der Waals surface area contributed by atoms with E-state index < -0.39 is 6.09 Å². The van der Waals surface area contributed by atoms with Crippen LogP contribution in [0.25, 0.3) is 0 Å². The molecule has 0 bridgehead atoms. The summed E-state index contributed by atoms with van der Waals surface area (Å²) in [5.74, 6) is -0.0304. The van der Waals surface area contributed by atoms with Gasteiger partial charge in [0.05, 0.1) is 12.5 Å². The summed E-state index contributed by atoms with van der Waals surface area (Å²) < 4.78 is 10.2. The molecule has 1 heterocycles. The minimum atomic E-state index is -0.528. The Labute approximate surface area is 140 Å². The average molecular weight is 334 g/mol. The molecule has 0 aromatic heterocycles. The van der Waals surface area contributed by atoms with E-state index in [2.05, 4.69) is 5.32 Å². The van der Waals surface area contributed by atoms with Crippen LogP contribution in [0.3, 0.4) is 0 Å². The van der Waals surface area contributed by atoms with E-state index >= 15 is 0 Å². The van der Waals surface area contributed by atoms with Crippen molar-refractivity contribution in [1.82, 2.24) is 4.90 Å². The topological polar surface area (TPSA) is 84.9 Å². The Kier molecular flexibility index (Phi) is 6.17. The van der Waals surface area contributed by atoms with E-state index in [4.69, 9.17) is 9.47 Å². The summed E-state index contributed by atoms with van der Waals surface area (Å²) in [7, 11) is 0. The van der Waals surface area contributed by atoms with E-state index in [-0.39, 0.29) is 17.8 Å². The number of hydrogen-bond donors (Lipinski definition) is 1. The highest BCUT2D eigenvalue weighted by atomic mass is 16.5. The summed E-state index contributed by atoms with van der Waals surface area (Å²) in [4.78, 5) is 36.5. The van der Waals surface area contributed by atoms with E-state index in [9.17, 15) is 14.4 Å². The fraction of sp³-hybridized carbons (Fsp3) is 0.471.